The molecule has 4 N–H and O–H groups in total. The van der Waals surface area contributed by atoms with Gasteiger partial charge in [0.05, 0.1) is 0 Å². The molecule has 15 heavy (non-hydrogen) atoms. The fraction of sp³-hybridized carbons (Fsp3) is 0.375. The zero-order chi connectivity index (χ0) is 11.4. The van der Waals surface area contributed by atoms with Crippen molar-refractivity contribution in [2.24, 2.45) is 5.73 Å². The quantitative estimate of drug-likeness (QED) is 0.563. The Bertz CT molecular complexity index is 433. The Kier molecular flexibility index (Phi) is 3.40. The lowest BCUT2D eigenvalue weighted by Crippen LogP contribution is -2.40. The van der Waals surface area contributed by atoms with Gasteiger partial charge < -0.3 is 15.8 Å². The number of carboxylic acids is 1. The summed E-state index contributed by atoms with van der Waals surface area (Å²) < 4.78 is 0.648. The molecule has 1 unspecified atom stereocenters. The third-order valence-electron chi connectivity index (χ3n) is 1.93. The molecular weight excluding hydrogens is 202 g/mol. The highest BCUT2D eigenvalue weighted by Gasteiger charge is 2.21. The predicted octanol–water partition coefficient (Wildman–Crippen LogP) is -1.49. The van der Waals surface area contributed by atoms with Gasteiger partial charge in [0.1, 0.15) is 6.04 Å². The van der Waals surface area contributed by atoms with Crippen LogP contribution in [-0.4, -0.2) is 27.2 Å². The molecule has 0 aliphatic heterocycles. The van der Waals surface area contributed by atoms with Crippen LogP contribution in [0, 0.1) is 0 Å². The normalized spacial score (nSPS) is 12.3. The third kappa shape index (κ3) is 2.32. The average Bonchev–Trinajstić information content (AvgIpc) is 2.15. The van der Waals surface area contributed by atoms with Crippen molar-refractivity contribution in [2.75, 3.05) is 6.54 Å². The maximum absolute atomic E-state index is 11.3. The van der Waals surface area contributed by atoms with Gasteiger partial charge in [0.25, 0.3) is 5.56 Å². The Morgan fingerprint density at radius 2 is 2.27 bits per heavy atom. The number of hydrogen-bond donors (Lipinski definition) is 3. The van der Waals surface area contributed by atoms with Gasteiger partial charge >= 0.3 is 11.7 Å². The maximum atomic E-state index is 11.3. The third-order valence-corrected chi connectivity index (χ3v) is 1.93. The molecule has 1 atom stereocenters. The lowest BCUT2D eigenvalue weighted by molar-refractivity contribution is -0.141. The Morgan fingerprint density at radius 3 is 2.73 bits per heavy atom. The standard InChI is InChI=1S/C8H11N3O4/c9-3-1-5(7(13)14)11-6(12)2-4-10-8(11)15/h2,4-5H,1,3,9H2,(H,10,15)(H,13,14). The molecule has 1 rings (SSSR count). The van der Waals surface area contributed by atoms with Crippen LogP contribution in [0.5, 0.6) is 0 Å². The second kappa shape index (κ2) is 4.56. The fourth-order valence-electron chi connectivity index (χ4n) is 1.25. The number of rotatable bonds is 4. The Labute approximate surface area is 84.2 Å². The molecular formula is C8H11N3O4. The first-order valence-corrected chi connectivity index (χ1v) is 4.31. The Balaban J connectivity index is 3.28. The molecule has 0 radical (unpaired) electrons. The van der Waals surface area contributed by atoms with Crippen molar-refractivity contribution >= 4 is 5.97 Å². The van der Waals surface area contributed by atoms with Gasteiger partial charge in [0.15, 0.2) is 0 Å². The van der Waals surface area contributed by atoms with E-state index in [4.69, 9.17) is 10.8 Å². The topological polar surface area (TPSA) is 118 Å². The van der Waals surface area contributed by atoms with Crippen LogP contribution in [0.15, 0.2) is 21.9 Å². The number of carboxylic acid groups (broad SMARTS) is 1. The van der Waals surface area contributed by atoms with E-state index in [1.165, 1.54) is 6.20 Å². The second-order valence-electron chi connectivity index (χ2n) is 2.92. The highest BCUT2D eigenvalue weighted by Crippen LogP contribution is 2.04. The molecule has 1 heterocycles. The molecule has 7 nitrogen and oxygen atoms in total. The number of carbonyl (C=O) groups is 1. The largest absolute Gasteiger partial charge is 0.480 e. The van der Waals surface area contributed by atoms with Crippen LogP contribution in [0.2, 0.25) is 0 Å². The molecule has 7 heteroatoms. The number of aliphatic carboxylic acids is 1. The van der Waals surface area contributed by atoms with Crippen molar-refractivity contribution in [2.45, 2.75) is 12.5 Å². The van der Waals surface area contributed by atoms with E-state index in [9.17, 15) is 14.4 Å². The number of hydrogen-bond acceptors (Lipinski definition) is 4. The Morgan fingerprint density at radius 1 is 1.60 bits per heavy atom. The van der Waals surface area contributed by atoms with Gasteiger partial charge in [0, 0.05) is 12.3 Å². The minimum absolute atomic E-state index is 0.0301. The lowest BCUT2D eigenvalue weighted by Gasteiger charge is -2.12. The molecule has 0 aromatic carbocycles. The minimum Gasteiger partial charge on any atom is -0.480 e. The number of nitrogens with two attached hydrogens (primary N) is 1. The van der Waals surface area contributed by atoms with Gasteiger partial charge in [0.2, 0.25) is 0 Å². The first kappa shape index (κ1) is 11.2. The van der Waals surface area contributed by atoms with Crippen LogP contribution in [0.25, 0.3) is 0 Å². The summed E-state index contributed by atoms with van der Waals surface area (Å²) in [7, 11) is 0. The summed E-state index contributed by atoms with van der Waals surface area (Å²) in [5.74, 6) is -1.25. The van der Waals surface area contributed by atoms with E-state index in [0.717, 1.165) is 6.07 Å². The average molecular weight is 213 g/mol. The first-order valence-electron chi connectivity index (χ1n) is 4.31. The summed E-state index contributed by atoms with van der Waals surface area (Å²) >= 11 is 0. The van der Waals surface area contributed by atoms with Crippen LogP contribution >= 0.6 is 0 Å². The van der Waals surface area contributed by atoms with Crippen LogP contribution < -0.4 is 17.0 Å². The second-order valence-corrected chi connectivity index (χ2v) is 2.92. The number of aromatic nitrogens is 2. The zero-order valence-electron chi connectivity index (χ0n) is 7.84. The first-order chi connectivity index (χ1) is 7.07. The van der Waals surface area contributed by atoms with Gasteiger partial charge in [-0.15, -0.1) is 0 Å². The highest BCUT2D eigenvalue weighted by atomic mass is 16.4. The maximum Gasteiger partial charge on any atom is 0.329 e. The fourth-order valence-corrected chi connectivity index (χ4v) is 1.25. The van der Waals surface area contributed by atoms with Crippen LogP contribution in [0.4, 0.5) is 0 Å². The van der Waals surface area contributed by atoms with Crippen molar-refractivity contribution in [1.29, 1.82) is 0 Å². The summed E-state index contributed by atoms with van der Waals surface area (Å²) in [6, 6.07) is -0.124. The minimum atomic E-state index is -1.25. The molecule has 0 saturated heterocycles. The van der Waals surface area contributed by atoms with Crippen molar-refractivity contribution in [1.82, 2.24) is 9.55 Å². The summed E-state index contributed by atoms with van der Waals surface area (Å²) in [6.07, 6.45) is 1.20. The molecule has 0 saturated carbocycles. The van der Waals surface area contributed by atoms with Gasteiger partial charge in [-0.25, -0.2) is 14.2 Å². The van der Waals surface area contributed by atoms with E-state index in [1.807, 2.05) is 0 Å². The lowest BCUT2D eigenvalue weighted by atomic mass is 10.2. The summed E-state index contributed by atoms with van der Waals surface area (Å²) in [5, 5.41) is 8.84. The molecule has 0 fully saturated rings. The van der Waals surface area contributed by atoms with E-state index in [-0.39, 0.29) is 13.0 Å². The molecule has 0 aliphatic carbocycles. The number of nitrogens with zero attached hydrogens (tertiary/aromatic N) is 1. The molecule has 0 spiro atoms. The zero-order valence-corrected chi connectivity index (χ0v) is 7.84. The van der Waals surface area contributed by atoms with Crippen molar-refractivity contribution in [3.63, 3.8) is 0 Å². The van der Waals surface area contributed by atoms with Gasteiger partial charge in [-0.1, -0.05) is 0 Å². The van der Waals surface area contributed by atoms with Crippen molar-refractivity contribution in [3.8, 4) is 0 Å². The molecule has 0 aliphatic rings. The SMILES string of the molecule is NCCC(C(=O)O)n1c(=O)cc[nH]c1=O. The van der Waals surface area contributed by atoms with Gasteiger partial charge in [-0.2, -0.15) is 0 Å². The van der Waals surface area contributed by atoms with Gasteiger partial charge in [-0.3, -0.25) is 4.79 Å². The molecule has 82 valence electrons. The van der Waals surface area contributed by atoms with Gasteiger partial charge in [-0.05, 0) is 13.0 Å². The van der Waals surface area contributed by atoms with Crippen LogP contribution in [0.1, 0.15) is 12.5 Å². The molecule has 1 aromatic heterocycles. The monoisotopic (exact) mass is 213 g/mol. The smallest absolute Gasteiger partial charge is 0.329 e. The van der Waals surface area contributed by atoms with Crippen molar-refractivity contribution in [3.05, 3.63) is 33.1 Å². The van der Waals surface area contributed by atoms with E-state index in [0.29, 0.717) is 4.57 Å². The number of nitrogens with one attached hydrogen (secondary N) is 1. The van der Waals surface area contributed by atoms with E-state index in [2.05, 4.69) is 4.98 Å². The number of aromatic amines is 1. The van der Waals surface area contributed by atoms with Crippen LogP contribution in [0.3, 0.4) is 0 Å². The molecule has 1 aromatic rings. The van der Waals surface area contributed by atoms with E-state index in [1.54, 1.807) is 0 Å². The Hall–Kier alpha value is -1.89. The van der Waals surface area contributed by atoms with Crippen LogP contribution in [-0.2, 0) is 4.79 Å². The van der Waals surface area contributed by atoms with E-state index >= 15 is 0 Å². The summed E-state index contributed by atoms with van der Waals surface area (Å²) in [6.45, 7) is 0.0811. The summed E-state index contributed by atoms with van der Waals surface area (Å²) in [5.41, 5.74) is 3.81. The summed E-state index contributed by atoms with van der Waals surface area (Å²) in [4.78, 5) is 35.6. The molecule has 0 bridgehead atoms. The van der Waals surface area contributed by atoms with Crippen molar-refractivity contribution < 1.29 is 9.90 Å². The highest BCUT2D eigenvalue weighted by molar-refractivity contribution is 5.71. The number of H-pyrrole nitrogens is 1. The van der Waals surface area contributed by atoms with E-state index < -0.39 is 23.3 Å². The predicted molar refractivity (Wildman–Crippen MR) is 51.7 cm³/mol. The molecule has 0 amide bonds.